The average Bonchev–Trinajstić information content (AvgIpc) is 2.40. The summed E-state index contributed by atoms with van der Waals surface area (Å²) >= 11 is 0. The molecule has 0 unspecified atom stereocenters. The van der Waals surface area contributed by atoms with Crippen molar-refractivity contribution < 1.29 is 4.74 Å². The van der Waals surface area contributed by atoms with Crippen molar-refractivity contribution in [3.63, 3.8) is 0 Å². The molecule has 2 N–H and O–H groups in total. The average molecular weight is 244 g/mol. The summed E-state index contributed by atoms with van der Waals surface area (Å²) in [4.78, 5) is 8.56. The number of ether oxygens (including phenoxy) is 1. The molecule has 94 valence electrons. The maximum atomic E-state index is 5.28. The molecule has 5 heteroatoms. The van der Waals surface area contributed by atoms with Crippen LogP contribution in [-0.2, 0) is 6.54 Å². The van der Waals surface area contributed by atoms with Crippen LogP contribution < -0.4 is 15.4 Å². The second-order valence-corrected chi connectivity index (χ2v) is 3.71. The maximum absolute atomic E-state index is 5.28. The van der Waals surface area contributed by atoms with Gasteiger partial charge in [-0.2, -0.15) is 0 Å². The van der Waals surface area contributed by atoms with E-state index in [0.29, 0.717) is 6.54 Å². The first-order chi connectivity index (χ1) is 8.83. The van der Waals surface area contributed by atoms with E-state index < -0.39 is 0 Å². The van der Waals surface area contributed by atoms with E-state index in [0.717, 1.165) is 23.1 Å². The Morgan fingerprint density at radius 2 is 2.06 bits per heavy atom. The normalized spacial score (nSPS) is 10.1. The number of aromatic nitrogens is 2. The SMILES string of the molecule is CNCc1nccc(Nc2ccccc2OC)n1. The molecular weight excluding hydrogens is 228 g/mol. The topological polar surface area (TPSA) is 59.1 Å². The molecule has 0 aliphatic heterocycles. The van der Waals surface area contributed by atoms with Crippen molar-refractivity contribution in [2.75, 3.05) is 19.5 Å². The molecule has 0 amide bonds. The maximum Gasteiger partial charge on any atom is 0.144 e. The molecule has 0 fully saturated rings. The highest BCUT2D eigenvalue weighted by Gasteiger charge is 2.03. The van der Waals surface area contributed by atoms with Gasteiger partial charge < -0.3 is 15.4 Å². The summed E-state index contributed by atoms with van der Waals surface area (Å²) in [5, 5.41) is 6.24. The first-order valence-electron chi connectivity index (χ1n) is 5.70. The Labute approximate surface area is 106 Å². The number of methoxy groups -OCH3 is 1. The number of nitrogens with zero attached hydrogens (tertiary/aromatic N) is 2. The van der Waals surface area contributed by atoms with E-state index in [1.165, 1.54) is 0 Å². The minimum Gasteiger partial charge on any atom is -0.495 e. The second kappa shape index (κ2) is 5.97. The highest BCUT2D eigenvalue weighted by molar-refractivity contribution is 5.63. The van der Waals surface area contributed by atoms with Gasteiger partial charge in [0.25, 0.3) is 0 Å². The minimum absolute atomic E-state index is 0.640. The van der Waals surface area contributed by atoms with Gasteiger partial charge in [0.05, 0.1) is 19.3 Å². The van der Waals surface area contributed by atoms with Crippen LogP contribution in [0.15, 0.2) is 36.5 Å². The van der Waals surface area contributed by atoms with E-state index in [4.69, 9.17) is 4.74 Å². The van der Waals surface area contributed by atoms with Gasteiger partial charge in [-0.05, 0) is 25.2 Å². The fraction of sp³-hybridized carbons (Fsp3) is 0.231. The number of rotatable bonds is 5. The molecule has 0 bridgehead atoms. The first-order valence-corrected chi connectivity index (χ1v) is 5.70. The molecular formula is C13H16N4O. The summed E-state index contributed by atoms with van der Waals surface area (Å²) < 4.78 is 5.28. The number of hydrogen-bond donors (Lipinski definition) is 2. The van der Waals surface area contributed by atoms with Crippen molar-refractivity contribution in [2.45, 2.75) is 6.54 Å². The Hall–Kier alpha value is -2.14. The van der Waals surface area contributed by atoms with Crippen LogP contribution in [0.3, 0.4) is 0 Å². The van der Waals surface area contributed by atoms with Crippen molar-refractivity contribution in [2.24, 2.45) is 0 Å². The summed E-state index contributed by atoms with van der Waals surface area (Å²) in [5.41, 5.74) is 0.883. The van der Waals surface area contributed by atoms with Gasteiger partial charge in [-0.1, -0.05) is 12.1 Å². The van der Waals surface area contributed by atoms with E-state index >= 15 is 0 Å². The Bertz CT molecular complexity index is 516. The Morgan fingerprint density at radius 3 is 2.83 bits per heavy atom. The molecule has 2 aromatic rings. The predicted molar refractivity (Wildman–Crippen MR) is 71.1 cm³/mol. The zero-order chi connectivity index (χ0) is 12.8. The molecule has 5 nitrogen and oxygen atoms in total. The standard InChI is InChI=1S/C13H16N4O/c1-14-9-13-15-8-7-12(17-13)16-10-5-3-4-6-11(10)18-2/h3-8,14H,9H2,1-2H3,(H,15,16,17). The molecule has 18 heavy (non-hydrogen) atoms. The van der Waals surface area contributed by atoms with Crippen molar-refractivity contribution in [3.05, 3.63) is 42.4 Å². The van der Waals surface area contributed by atoms with Gasteiger partial charge in [-0.15, -0.1) is 0 Å². The third-order valence-electron chi connectivity index (χ3n) is 2.41. The number of benzene rings is 1. The van der Waals surface area contributed by atoms with E-state index in [9.17, 15) is 0 Å². The zero-order valence-corrected chi connectivity index (χ0v) is 10.5. The number of para-hydroxylation sites is 2. The van der Waals surface area contributed by atoms with Crippen LogP contribution in [0.25, 0.3) is 0 Å². The molecule has 0 saturated carbocycles. The van der Waals surface area contributed by atoms with Gasteiger partial charge in [-0.25, -0.2) is 9.97 Å². The molecule has 2 rings (SSSR count). The number of nitrogens with one attached hydrogen (secondary N) is 2. The first kappa shape index (κ1) is 12.3. The summed E-state index contributed by atoms with van der Waals surface area (Å²) in [6.07, 6.45) is 1.73. The van der Waals surface area contributed by atoms with Gasteiger partial charge in [-0.3, -0.25) is 0 Å². The molecule has 0 aliphatic carbocycles. The van der Waals surface area contributed by atoms with E-state index in [2.05, 4.69) is 20.6 Å². The number of hydrogen-bond acceptors (Lipinski definition) is 5. The van der Waals surface area contributed by atoms with Gasteiger partial charge >= 0.3 is 0 Å². The molecule has 1 heterocycles. The molecule has 1 aromatic carbocycles. The Balaban J connectivity index is 2.20. The molecule has 0 saturated heterocycles. The quantitative estimate of drug-likeness (QED) is 0.841. The van der Waals surface area contributed by atoms with Crippen LogP contribution in [0.5, 0.6) is 5.75 Å². The van der Waals surface area contributed by atoms with Crippen LogP contribution in [0.2, 0.25) is 0 Å². The van der Waals surface area contributed by atoms with Gasteiger partial charge in [0, 0.05) is 6.20 Å². The Kier molecular flexibility index (Phi) is 4.09. The fourth-order valence-corrected chi connectivity index (χ4v) is 1.60. The van der Waals surface area contributed by atoms with Gasteiger partial charge in [0.1, 0.15) is 17.4 Å². The smallest absolute Gasteiger partial charge is 0.144 e. The lowest BCUT2D eigenvalue weighted by molar-refractivity contribution is 0.417. The largest absolute Gasteiger partial charge is 0.495 e. The van der Waals surface area contributed by atoms with Crippen molar-refractivity contribution in [3.8, 4) is 5.75 Å². The van der Waals surface area contributed by atoms with Crippen LogP contribution in [-0.4, -0.2) is 24.1 Å². The zero-order valence-electron chi connectivity index (χ0n) is 10.5. The van der Waals surface area contributed by atoms with Crippen LogP contribution in [0.4, 0.5) is 11.5 Å². The second-order valence-electron chi connectivity index (χ2n) is 3.71. The monoisotopic (exact) mass is 244 g/mol. The highest BCUT2D eigenvalue weighted by atomic mass is 16.5. The molecule has 0 atom stereocenters. The Morgan fingerprint density at radius 1 is 1.22 bits per heavy atom. The molecule has 0 spiro atoms. The minimum atomic E-state index is 0.640. The summed E-state index contributed by atoms with van der Waals surface area (Å²) in [6, 6.07) is 9.54. The molecule has 1 aromatic heterocycles. The van der Waals surface area contributed by atoms with Crippen molar-refractivity contribution in [1.82, 2.24) is 15.3 Å². The predicted octanol–water partition coefficient (Wildman–Crippen LogP) is 1.95. The van der Waals surface area contributed by atoms with Gasteiger partial charge in [0.15, 0.2) is 0 Å². The summed E-state index contributed by atoms with van der Waals surface area (Å²) in [6.45, 7) is 0.640. The van der Waals surface area contributed by atoms with E-state index in [1.54, 1.807) is 13.3 Å². The summed E-state index contributed by atoms with van der Waals surface area (Å²) in [5.74, 6) is 2.28. The fourth-order valence-electron chi connectivity index (χ4n) is 1.60. The third-order valence-corrected chi connectivity index (χ3v) is 2.41. The van der Waals surface area contributed by atoms with E-state index in [1.807, 2.05) is 37.4 Å². The molecule has 0 radical (unpaired) electrons. The summed E-state index contributed by atoms with van der Waals surface area (Å²) in [7, 11) is 3.51. The molecule has 0 aliphatic rings. The van der Waals surface area contributed by atoms with E-state index in [-0.39, 0.29) is 0 Å². The van der Waals surface area contributed by atoms with Crippen molar-refractivity contribution >= 4 is 11.5 Å². The van der Waals surface area contributed by atoms with Crippen LogP contribution in [0, 0.1) is 0 Å². The van der Waals surface area contributed by atoms with Gasteiger partial charge in [0.2, 0.25) is 0 Å². The van der Waals surface area contributed by atoms with Crippen molar-refractivity contribution in [1.29, 1.82) is 0 Å². The lowest BCUT2D eigenvalue weighted by atomic mass is 10.3. The lowest BCUT2D eigenvalue weighted by Crippen LogP contribution is -2.09. The third kappa shape index (κ3) is 2.95. The lowest BCUT2D eigenvalue weighted by Gasteiger charge is -2.10. The van der Waals surface area contributed by atoms with Crippen LogP contribution in [0.1, 0.15) is 5.82 Å². The highest BCUT2D eigenvalue weighted by Crippen LogP contribution is 2.25. The number of anilines is 2. The van der Waals surface area contributed by atoms with Crippen LogP contribution >= 0.6 is 0 Å².